The minimum atomic E-state index is -4.43. The Labute approximate surface area is 128 Å². The summed E-state index contributed by atoms with van der Waals surface area (Å²) in [7, 11) is 0. The van der Waals surface area contributed by atoms with Gasteiger partial charge in [-0.15, -0.1) is 11.3 Å². The molecule has 0 saturated heterocycles. The molecule has 2 rings (SSSR count). The Morgan fingerprint density at radius 3 is 2.73 bits per heavy atom. The number of nitrogens with zero attached hydrogens (tertiary/aromatic N) is 2. The lowest BCUT2D eigenvalue weighted by Gasteiger charge is -2.06. The van der Waals surface area contributed by atoms with E-state index in [2.05, 4.69) is 20.6 Å². The molecule has 0 fully saturated rings. The average molecular weight is 330 g/mol. The van der Waals surface area contributed by atoms with E-state index < -0.39 is 17.9 Å². The summed E-state index contributed by atoms with van der Waals surface area (Å²) in [5, 5.41) is 6.37. The highest BCUT2D eigenvalue weighted by molar-refractivity contribution is 7.09. The number of aryl methyl sites for hydroxylation is 1. The predicted octanol–water partition coefficient (Wildman–Crippen LogP) is 3.23. The number of carbonyl (C=O) groups excluding carboxylic acids is 1. The molecule has 0 aromatic carbocycles. The first-order chi connectivity index (χ1) is 10.3. The average Bonchev–Trinajstić information content (AvgIpc) is 2.87. The summed E-state index contributed by atoms with van der Waals surface area (Å²) in [6.07, 6.45) is -4.20. The van der Waals surface area contributed by atoms with Gasteiger partial charge in [0.1, 0.15) is 5.82 Å². The van der Waals surface area contributed by atoms with E-state index in [9.17, 15) is 18.0 Å². The second-order valence-corrected chi connectivity index (χ2v) is 5.36. The van der Waals surface area contributed by atoms with Gasteiger partial charge in [0.15, 0.2) is 5.69 Å². The van der Waals surface area contributed by atoms with Crippen LogP contribution in [0.25, 0.3) is 0 Å². The molecule has 0 aliphatic carbocycles. The molecule has 9 heteroatoms. The van der Waals surface area contributed by atoms with Gasteiger partial charge in [-0.3, -0.25) is 5.32 Å². The zero-order chi connectivity index (χ0) is 16.2. The fourth-order valence-electron chi connectivity index (χ4n) is 1.61. The number of hydrogen-bond donors (Lipinski definition) is 2. The summed E-state index contributed by atoms with van der Waals surface area (Å²) >= 11 is 0.919. The maximum atomic E-state index is 12.4. The summed E-state index contributed by atoms with van der Waals surface area (Å²) < 4.78 is 37.2. The molecule has 0 aliphatic rings. The van der Waals surface area contributed by atoms with Crippen LogP contribution in [-0.4, -0.2) is 22.5 Å². The number of nitrogens with one attached hydrogen (secondary N) is 2. The molecule has 118 valence electrons. The third-order valence-corrected chi connectivity index (χ3v) is 3.51. The molecule has 2 heterocycles. The fourth-order valence-corrected chi connectivity index (χ4v) is 2.42. The zero-order valence-corrected chi connectivity index (χ0v) is 12.4. The van der Waals surface area contributed by atoms with Crippen molar-refractivity contribution in [2.45, 2.75) is 19.5 Å². The minimum Gasteiger partial charge on any atom is -0.337 e. The maximum absolute atomic E-state index is 12.4. The highest BCUT2D eigenvalue weighted by atomic mass is 32.1. The first-order valence-electron chi connectivity index (χ1n) is 6.35. The van der Waals surface area contributed by atoms with Gasteiger partial charge >= 0.3 is 12.2 Å². The molecule has 0 radical (unpaired) electrons. The summed E-state index contributed by atoms with van der Waals surface area (Å²) in [5.74, 6) is 0.408. The summed E-state index contributed by atoms with van der Waals surface area (Å²) in [6.45, 7) is 1.98. The second kappa shape index (κ2) is 6.73. The number of carbonyl (C=O) groups is 1. The maximum Gasteiger partial charge on any atom is 0.434 e. The van der Waals surface area contributed by atoms with Crippen LogP contribution in [0.15, 0.2) is 23.6 Å². The largest absolute Gasteiger partial charge is 0.434 e. The molecular weight excluding hydrogens is 317 g/mol. The number of aromatic nitrogens is 2. The highest BCUT2D eigenvalue weighted by Gasteiger charge is 2.33. The van der Waals surface area contributed by atoms with Crippen molar-refractivity contribution < 1.29 is 18.0 Å². The summed E-state index contributed by atoms with van der Waals surface area (Å²) in [6, 6.07) is 4.73. The normalized spacial score (nSPS) is 11.3. The van der Waals surface area contributed by atoms with Gasteiger partial charge in [-0.1, -0.05) is 6.07 Å². The van der Waals surface area contributed by atoms with E-state index in [0.29, 0.717) is 10.8 Å². The molecule has 2 N–H and O–H groups in total. The number of rotatable bonds is 4. The van der Waals surface area contributed by atoms with E-state index >= 15 is 0 Å². The number of hydrogen-bond acceptors (Lipinski definition) is 4. The van der Waals surface area contributed by atoms with Crippen molar-refractivity contribution in [3.63, 3.8) is 0 Å². The Balaban J connectivity index is 1.79. The van der Waals surface area contributed by atoms with Crippen LogP contribution in [0.4, 0.5) is 23.8 Å². The van der Waals surface area contributed by atoms with Crippen molar-refractivity contribution in [1.29, 1.82) is 0 Å². The Morgan fingerprint density at radius 1 is 1.32 bits per heavy atom. The molecule has 2 aromatic rings. The van der Waals surface area contributed by atoms with Crippen LogP contribution in [0.3, 0.4) is 0 Å². The fraction of sp³-hybridized carbons (Fsp3) is 0.308. The quantitative estimate of drug-likeness (QED) is 0.904. The SMILES string of the molecule is Cc1cccc(NC(=O)NCCc2nc(C(F)(F)F)cs2)n1. The van der Waals surface area contributed by atoms with Crippen molar-refractivity contribution >= 4 is 23.2 Å². The number of anilines is 1. The number of pyridine rings is 1. The van der Waals surface area contributed by atoms with Crippen molar-refractivity contribution in [3.05, 3.63) is 40.0 Å². The van der Waals surface area contributed by atoms with E-state index in [0.717, 1.165) is 22.4 Å². The van der Waals surface area contributed by atoms with Crippen LogP contribution in [0.1, 0.15) is 16.4 Å². The van der Waals surface area contributed by atoms with E-state index in [1.165, 1.54) is 0 Å². The molecule has 0 bridgehead atoms. The lowest BCUT2D eigenvalue weighted by atomic mass is 10.4. The van der Waals surface area contributed by atoms with Gasteiger partial charge in [0.05, 0.1) is 5.01 Å². The number of amides is 2. The number of thiazole rings is 1. The highest BCUT2D eigenvalue weighted by Crippen LogP contribution is 2.29. The van der Waals surface area contributed by atoms with E-state index in [4.69, 9.17) is 0 Å². The van der Waals surface area contributed by atoms with Crippen LogP contribution in [-0.2, 0) is 12.6 Å². The van der Waals surface area contributed by atoms with Gasteiger partial charge in [0.25, 0.3) is 0 Å². The van der Waals surface area contributed by atoms with Crippen molar-refractivity contribution in [2.75, 3.05) is 11.9 Å². The number of alkyl halides is 3. The molecule has 2 amide bonds. The van der Waals surface area contributed by atoms with Crippen LogP contribution < -0.4 is 10.6 Å². The summed E-state index contributed by atoms with van der Waals surface area (Å²) in [4.78, 5) is 19.2. The van der Waals surface area contributed by atoms with E-state index in [-0.39, 0.29) is 13.0 Å². The Hall–Kier alpha value is -2.16. The van der Waals surface area contributed by atoms with Gasteiger partial charge in [-0.2, -0.15) is 13.2 Å². The Kier molecular flexibility index (Phi) is 4.96. The molecule has 0 unspecified atom stereocenters. The van der Waals surface area contributed by atoms with E-state index in [1.54, 1.807) is 25.1 Å². The van der Waals surface area contributed by atoms with Gasteiger partial charge in [-0.25, -0.2) is 14.8 Å². The third-order valence-electron chi connectivity index (χ3n) is 2.60. The standard InChI is InChI=1S/C13H13F3N4OS/c1-8-3-2-4-10(18-8)20-12(21)17-6-5-11-19-9(7-22-11)13(14,15)16/h2-4,7H,5-6H2,1H3,(H2,17,18,20,21). The molecule has 0 aliphatic heterocycles. The lowest BCUT2D eigenvalue weighted by Crippen LogP contribution is -2.30. The van der Waals surface area contributed by atoms with Crippen molar-refractivity contribution in [3.8, 4) is 0 Å². The van der Waals surface area contributed by atoms with Crippen LogP contribution in [0.5, 0.6) is 0 Å². The van der Waals surface area contributed by atoms with Crippen LogP contribution in [0, 0.1) is 6.92 Å². The van der Waals surface area contributed by atoms with Crippen LogP contribution in [0.2, 0.25) is 0 Å². The first kappa shape index (κ1) is 16.2. The Morgan fingerprint density at radius 2 is 2.09 bits per heavy atom. The van der Waals surface area contributed by atoms with Gasteiger partial charge in [0, 0.05) is 24.0 Å². The van der Waals surface area contributed by atoms with Gasteiger partial charge in [0.2, 0.25) is 0 Å². The number of halogens is 3. The zero-order valence-electron chi connectivity index (χ0n) is 11.6. The molecule has 0 spiro atoms. The molecule has 5 nitrogen and oxygen atoms in total. The first-order valence-corrected chi connectivity index (χ1v) is 7.22. The van der Waals surface area contributed by atoms with Gasteiger partial charge in [-0.05, 0) is 19.1 Å². The minimum absolute atomic E-state index is 0.183. The topological polar surface area (TPSA) is 66.9 Å². The third kappa shape index (κ3) is 4.69. The molecule has 22 heavy (non-hydrogen) atoms. The molecule has 0 saturated carbocycles. The Bertz CT molecular complexity index is 657. The molecule has 2 aromatic heterocycles. The van der Waals surface area contributed by atoms with E-state index in [1.807, 2.05) is 0 Å². The summed E-state index contributed by atoms with van der Waals surface area (Å²) in [5.41, 5.74) is -0.138. The predicted molar refractivity (Wildman–Crippen MR) is 76.8 cm³/mol. The monoisotopic (exact) mass is 330 g/mol. The van der Waals surface area contributed by atoms with Crippen molar-refractivity contribution in [2.24, 2.45) is 0 Å². The number of urea groups is 1. The van der Waals surface area contributed by atoms with Crippen LogP contribution >= 0.6 is 11.3 Å². The molecule has 0 atom stereocenters. The van der Waals surface area contributed by atoms with Gasteiger partial charge < -0.3 is 5.32 Å². The molecular formula is C13H13F3N4OS. The van der Waals surface area contributed by atoms with Crippen molar-refractivity contribution in [1.82, 2.24) is 15.3 Å². The second-order valence-electron chi connectivity index (χ2n) is 4.42. The lowest BCUT2D eigenvalue weighted by molar-refractivity contribution is -0.140. The smallest absolute Gasteiger partial charge is 0.337 e.